The van der Waals surface area contributed by atoms with Gasteiger partial charge in [0, 0.05) is 6.08 Å². The van der Waals surface area contributed by atoms with Crippen LogP contribution in [0.1, 0.15) is 31.1 Å². The van der Waals surface area contributed by atoms with Gasteiger partial charge in [-0.15, -0.1) is 0 Å². The highest BCUT2D eigenvalue weighted by atomic mass is 16.5. The lowest BCUT2D eigenvalue weighted by atomic mass is 10.2. The van der Waals surface area contributed by atoms with Crippen molar-refractivity contribution >= 4 is 12.0 Å². The number of rotatable bonds is 9. The Morgan fingerprint density at radius 3 is 2.88 bits per heavy atom. The Kier molecular flexibility index (Phi) is 6.95. The summed E-state index contributed by atoms with van der Waals surface area (Å²) in [6, 6.07) is 9.19. The largest absolute Gasteiger partial charge is 0.493 e. The summed E-state index contributed by atoms with van der Waals surface area (Å²) in [7, 11) is 1.60. The molecule has 2 rings (SSSR count). The van der Waals surface area contributed by atoms with E-state index in [9.17, 15) is 4.79 Å². The number of furan rings is 1. The monoisotopic (exact) mass is 329 g/mol. The number of carbonyl (C=O) groups is 1. The van der Waals surface area contributed by atoms with Crippen LogP contribution in [0.2, 0.25) is 0 Å². The SMILES string of the molecule is CCCCOc1ccc(/C=C/C(=O)NCc2ccco2)cc1OC. The zero-order valence-corrected chi connectivity index (χ0v) is 14.1. The first kappa shape index (κ1) is 17.7. The molecular formula is C19H23NO4. The molecule has 0 aliphatic carbocycles. The Morgan fingerprint density at radius 1 is 1.29 bits per heavy atom. The highest BCUT2D eigenvalue weighted by Gasteiger charge is 2.05. The molecule has 0 unspecified atom stereocenters. The first-order valence-electron chi connectivity index (χ1n) is 8.02. The molecule has 1 amide bonds. The highest BCUT2D eigenvalue weighted by molar-refractivity contribution is 5.91. The molecule has 0 atom stereocenters. The van der Waals surface area contributed by atoms with Gasteiger partial charge in [-0.1, -0.05) is 19.4 Å². The number of hydrogen-bond donors (Lipinski definition) is 1. The lowest BCUT2D eigenvalue weighted by Crippen LogP contribution is -2.19. The summed E-state index contributed by atoms with van der Waals surface area (Å²) < 4.78 is 16.2. The molecular weight excluding hydrogens is 306 g/mol. The average Bonchev–Trinajstić information content (AvgIpc) is 3.12. The first-order chi connectivity index (χ1) is 11.7. The summed E-state index contributed by atoms with van der Waals surface area (Å²) in [4.78, 5) is 11.8. The van der Waals surface area contributed by atoms with Gasteiger partial charge >= 0.3 is 0 Å². The summed E-state index contributed by atoms with van der Waals surface area (Å²) in [5, 5.41) is 2.75. The molecule has 1 N–H and O–H groups in total. The number of nitrogens with one attached hydrogen (secondary N) is 1. The van der Waals surface area contributed by atoms with Crippen LogP contribution in [0, 0.1) is 0 Å². The maximum atomic E-state index is 11.8. The van der Waals surface area contributed by atoms with Gasteiger partial charge in [-0.25, -0.2) is 0 Å². The summed E-state index contributed by atoms with van der Waals surface area (Å²) >= 11 is 0. The van der Waals surface area contributed by atoms with E-state index in [0.29, 0.717) is 30.4 Å². The zero-order valence-electron chi connectivity index (χ0n) is 14.1. The molecule has 2 aromatic rings. The highest BCUT2D eigenvalue weighted by Crippen LogP contribution is 2.28. The fourth-order valence-electron chi connectivity index (χ4n) is 2.05. The summed E-state index contributed by atoms with van der Waals surface area (Å²) in [6.07, 6.45) is 6.87. The summed E-state index contributed by atoms with van der Waals surface area (Å²) in [5.74, 6) is 1.90. The molecule has 0 aliphatic rings. The van der Waals surface area contributed by atoms with E-state index in [1.165, 1.54) is 6.08 Å². The van der Waals surface area contributed by atoms with Crippen molar-refractivity contribution in [3.8, 4) is 11.5 Å². The smallest absolute Gasteiger partial charge is 0.244 e. The number of unbranched alkanes of at least 4 members (excludes halogenated alkanes) is 1. The summed E-state index contributed by atoms with van der Waals surface area (Å²) in [6.45, 7) is 3.15. The van der Waals surface area contributed by atoms with Crippen LogP contribution in [0.25, 0.3) is 6.08 Å². The molecule has 0 radical (unpaired) electrons. The number of carbonyl (C=O) groups excluding carboxylic acids is 1. The van der Waals surface area contributed by atoms with Crippen LogP contribution < -0.4 is 14.8 Å². The summed E-state index contributed by atoms with van der Waals surface area (Å²) in [5.41, 5.74) is 0.864. The Balaban J connectivity index is 1.92. The van der Waals surface area contributed by atoms with Crippen LogP contribution in [0.4, 0.5) is 0 Å². The molecule has 0 spiro atoms. The fraction of sp³-hybridized carbons (Fsp3) is 0.316. The number of ether oxygens (including phenoxy) is 2. The van der Waals surface area contributed by atoms with Crippen LogP contribution in [0.5, 0.6) is 11.5 Å². The first-order valence-corrected chi connectivity index (χ1v) is 8.02. The third kappa shape index (κ3) is 5.50. The predicted octanol–water partition coefficient (Wildman–Crippen LogP) is 3.80. The Hall–Kier alpha value is -2.69. The molecule has 24 heavy (non-hydrogen) atoms. The fourth-order valence-corrected chi connectivity index (χ4v) is 2.05. The Bertz CT molecular complexity index is 662. The normalized spacial score (nSPS) is 10.8. The molecule has 1 heterocycles. The van der Waals surface area contributed by atoms with Crippen molar-refractivity contribution in [2.24, 2.45) is 0 Å². The Labute approximate surface area is 142 Å². The van der Waals surface area contributed by atoms with Crippen LogP contribution >= 0.6 is 0 Å². The third-order valence-electron chi connectivity index (χ3n) is 3.39. The van der Waals surface area contributed by atoms with Crippen molar-refractivity contribution in [3.05, 3.63) is 54.0 Å². The maximum absolute atomic E-state index is 11.8. The van der Waals surface area contributed by atoms with Gasteiger partial charge < -0.3 is 19.2 Å². The molecule has 1 aromatic heterocycles. The minimum absolute atomic E-state index is 0.186. The number of amides is 1. The van der Waals surface area contributed by atoms with Gasteiger partial charge in [0.15, 0.2) is 11.5 Å². The van der Waals surface area contributed by atoms with Gasteiger partial charge in [-0.05, 0) is 42.3 Å². The molecule has 0 saturated carbocycles. The zero-order chi connectivity index (χ0) is 17.2. The van der Waals surface area contributed by atoms with E-state index >= 15 is 0 Å². The molecule has 5 heteroatoms. The average molecular weight is 329 g/mol. The quantitative estimate of drug-likeness (QED) is 0.561. The van der Waals surface area contributed by atoms with Crippen LogP contribution in [-0.4, -0.2) is 19.6 Å². The lowest BCUT2D eigenvalue weighted by Gasteiger charge is -2.10. The molecule has 128 valence electrons. The minimum Gasteiger partial charge on any atom is -0.493 e. The number of methoxy groups -OCH3 is 1. The van der Waals surface area contributed by atoms with Crippen LogP contribution in [0.3, 0.4) is 0 Å². The van der Waals surface area contributed by atoms with E-state index in [1.807, 2.05) is 24.3 Å². The topological polar surface area (TPSA) is 60.7 Å². The number of benzene rings is 1. The molecule has 1 aromatic carbocycles. The molecule has 0 aliphatic heterocycles. The van der Waals surface area contributed by atoms with E-state index in [2.05, 4.69) is 12.2 Å². The molecule has 0 fully saturated rings. The second-order valence-corrected chi connectivity index (χ2v) is 5.24. The standard InChI is InChI=1S/C19H23NO4/c1-3-4-11-24-17-9-7-15(13-18(17)22-2)8-10-19(21)20-14-16-6-5-12-23-16/h5-10,12-13H,3-4,11,14H2,1-2H3,(H,20,21)/b10-8+. The number of hydrogen-bond acceptors (Lipinski definition) is 4. The molecule has 5 nitrogen and oxygen atoms in total. The van der Waals surface area contributed by atoms with Crippen molar-refractivity contribution in [1.29, 1.82) is 0 Å². The van der Waals surface area contributed by atoms with Crippen LogP contribution in [-0.2, 0) is 11.3 Å². The van der Waals surface area contributed by atoms with Gasteiger partial charge in [0.1, 0.15) is 5.76 Å². The van der Waals surface area contributed by atoms with Gasteiger partial charge in [0.2, 0.25) is 5.91 Å². The van der Waals surface area contributed by atoms with Gasteiger partial charge in [-0.3, -0.25) is 4.79 Å². The van der Waals surface area contributed by atoms with Gasteiger partial charge in [-0.2, -0.15) is 0 Å². The van der Waals surface area contributed by atoms with E-state index < -0.39 is 0 Å². The van der Waals surface area contributed by atoms with Gasteiger partial charge in [0.25, 0.3) is 0 Å². The van der Waals surface area contributed by atoms with Crippen molar-refractivity contribution in [3.63, 3.8) is 0 Å². The van der Waals surface area contributed by atoms with E-state index in [4.69, 9.17) is 13.9 Å². The van der Waals surface area contributed by atoms with Crippen molar-refractivity contribution in [1.82, 2.24) is 5.32 Å². The molecule has 0 bridgehead atoms. The van der Waals surface area contributed by atoms with Crippen molar-refractivity contribution < 1.29 is 18.7 Å². The molecule has 0 saturated heterocycles. The van der Waals surface area contributed by atoms with E-state index in [0.717, 1.165) is 18.4 Å². The third-order valence-corrected chi connectivity index (χ3v) is 3.39. The minimum atomic E-state index is -0.186. The predicted molar refractivity (Wildman–Crippen MR) is 93.0 cm³/mol. The van der Waals surface area contributed by atoms with E-state index in [1.54, 1.807) is 25.5 Å². The van der Waals surface area contributed by atoms with Crippen molar-refractivity contribution in [2.75, 3.05) is 13.7 Å². The van der Waals surface area contributed by atoms with Crippen molar-refractivity contribution in [2.45, 2.75) is 26.3 Å². The van der Waals surface area contributed by atoms with Gasteiger partial charge in [0.05, 0.1) is 26.5 Å². The maximum Gasteiger partial charge on any atom is 0.244 e. The second-order valence-electron chi connectivity index (χ2n) is 5.24. The Morgan fingerprint density at radius 2 is 2.17 bits per heavy atom. The van der Waals surface area contributed by atoms with Crippen LogP contribution in [0.15, 0.2) is 47.1 Å². The lowest BCUT2D eigenvalue weighted by molar-refractivity contribution is -0.116. The second kappa shape index (κ2) is 9.45. The van der Waals surface area contributed by atoms with E-state index in [-0.39, 0.29) is 5.91 Å².